The van der Waals surface area contributed by atoms with Crippen LogP contribution in [0.1, 0.15) is 51.0 Å². The molecule has 6 heteroatoms. The highest BCUT2D eigenvalue weighted by molar-refractivity contribution is 5.76. The van der Waals surface area contributed by atoms with Gasteiger partial charge in [-0.1, -0.05) is 12.1 Å². The van der Waals surface area contributed by atoms with Gasteiger partial charge in [-0.05, 0) is 80.2 Å². The van der Waals surface area contributed by atoms with Gasteiger partial charge in [0.2, 0.25) is 0 Å². The van der Waals surface area contributed by atoms with Crippen molar-refractivity contribution in [2.45, 2.75) is 63.6 Å². The molecular formula is C25H35N3O3. The van der Waals surface area contributed by atoms with Gasteiger partial charge in [0.15, 0.2) is 0 Å². The van der Waals surface area contributed by atoms with Gasteiger partial charge < -0.3 is 15.1 Å². The van der Waals surface area contributed by atoms with Crippen molar-refractivity contribution in [1.82, 2.24) is 14.0 Å². The van der Waals surface area contributed by atoms with Crippen molar-refractivity contribution in [3.63, 3.8) is 0 Å². The maximum Gasteiger partial charge on any atom is 0.329 e. The van der Waals surface area contributed by atoms with E-state index in [1.54, 1.807) is 4.57 Å². The Balaban J connectivity index is 1.19. The molecule has 0 radical (unpaired) electrons. The second-order valence-electron chi connectivity index (χ2n) is 10.7. The predicted molar refractivity (Wildman–Crippen MR) is 120 cm³/mol. The minimum atomic E-state index is -0.921. The summed E-state index contributed by atoms with van der Waals surface area (Å²) < 4.78 is 3.59. The van der Waals surface area contributed by atoms with Gasteiger partial charge in [0.25, 0.3) is 0 Å². The summed E-state index contributed by atoms with van der Waals surface area (Å²) in [6, 6.07) is 8.06. The van der Waals surface area contributed by atoms with Crippen LogP contribution >= 0.6 is 0 Å². The number of nitrogens with zero attached hydrogens (tertiary/aromatic N) is 3. The first kappa shape index (κ1) is 20.0. The van der Waals surface area contributed by atoms with Gasteiger partial charge >= 0.3 is 5.69 Å². The van der Waals surface area contributed by atoms with Crippen molar-refractivity contribution in [3.05, 3.63) is 34.7 Å². The number of rotatable bonds is 6. The summed E-state index contributed by atoms with van der Waals surface area (Å²) in [5.41, 5.74) is 2.45. The Kier molecular flexibility index (Phi) is 4.82. The van der Waals surface area contributed by atoms with Crippen LogP contribution in [-0.2, 0) is 6.54 Å². The summed E-state index contributed by atoms with van der Waals surface area (Å²) in [4.78, 5) is 16.0. The average Bonchev–Trinajstić information content (AvgIpc) is 3.21. The van der Waals surface area contributed by atoms with Gasteiger partial charge in [0.05, 0.1) is 30.3 Å². The molecule has 2 bridgehead atoms. The van der Waals surface area contributed by atoms with Crippen molar-refractivity contribution < 1.29 is 10.2 Å². The first-order valence-electron chi connectivity index (χ1n) is 12.3. The number of hydrogen-bond acceptors (Lipinski definition) is 4. The molecule has 1 aliphatic heterocycles. The highest BCUT2D eigenvalue weighted by Crippen LogP contribution is 2.71. The standard InChI is InChI=1S/C25H35N3O3/c29-16-20(30)14-27-22-3-1-2-4-23(22)28(24(27)31)19-7-11-26(12-8-19)15-21-17-5-6-18(13-17)25(21)9-10-25/h1-4,17-21,29-30H,5-16H2/t17-,18-,20-,21-/m1/s1. The van der Waals surface area contributed by atoms with E-state index in [1.807, 2.05) is 28.8 Å². The van der Waals surface area contributed by atoms with Crippen LogP contribution in [0, 0.1) is 23.2 Å². The van der Waals surface area contributed by atoms with Crippen LogP contribution < -0.4 is 5.69 Å². The van der Waals surface area contributed by atoms with E-state index in [9.17, 15) is 15.0 Å². The fourth-order valence-electron chi connectivity index (χ4n) is 7.60. The van der Waals surface area contributed by atoms with Crippen molar-refractivity contribution in [1.29, 1.82) is 0 Å². The lowest BCUT2D eigenvalue weighted by Crippen LogP contribution is -2.42. The molecule has 1 spiro atoms. The number of likely N-dealkylation sites (tertiary alicyclic amines) is 1. The Bertz CT molecular complexity index is 1010. The zero-order valence-electron chi connectivity index (χ0n) is 18.3. The van der Waals surface area contributed by atoms with Gasteiger partial charge in [0.1, 0.15) is 0 Å². The van der Waals surface area contributed by atoms with E-state index in [4.69, 9.17) is 0 Å². The molecule has 6 rings (SSSR count). The van der Waals surface area contributed by atoms with E-state index in [0.29, 0.717) is 0 Å². The van der Waals surface area contributed by atoms with Crippen LogP contribution in [0.3, 0.4) is 0 Å². The van der Waals surface area contributed by atoms with E-state index < -0.39 is 6.10 Å². The molecule has 1 aromatic carbocycles. The smallest absolute Gasteiger partial charge is 0.329 e. The van der Waals surface area contributed by atoms with Gasteiger partial charge in [-0.15, -0.1) is 0 Å². The van der Waals surface area contributed by atoms with E-state index in [-0.39, 0.29) is 24.9 Å². The molecule has 3 aliphatic carbocycles. The number of para-hydroxylation sites is 2. The van der Waals surface area contributed by atoms with Crippen LogP contribution in [0.4, 0.5) is 0 Å². The topological polar surface area (TPSA) is 70.6 Å². The molecule has 2 aromatic rings. The Morgan fingerprint density at radius 3 is 2.52 bits per heavy atom. The van der Waals surface area contributed by atoms with Gasteiger partial charge in [-0.3, -0.25) is 9.13 Å². The lowest BCUT2D eigenvalue weighted by Gasteiger charge is -2.39. The lowest BCUT2D eigenvalue weighted by atomic mass is 9.76. The molecule has 0 amide bonds. The third kappa shape index (κ3) is 3.13. The summed E-state index contributed by atoms with van der Waals surface area (Å²) >= 11 is 0. The molecule has 4 atom stereocenters. The summed E-state index contributed by atoms with van der Waals surface area (Å²) in [7, 11) is 0. The van der Waals surface area contributed by atoms with Gasteiger partial charge in [-0.2, -0.15) is 0 Å². The van der Waals surface area contributed by atoms with E-state index in [1.165, 1.54) is 38.6 Å². The highest BCUT2D eigenvalue weighted by atomic mass is 16.3. The molecule has 31 heavy (non-hydrogen) atoms. The van der Waals surface area contributed by atoms with E-state index in [2.05, 4.69) is 4.90 Å². The number of hydrogen-bond donors (Lipinski definition) is 2. The lowest BCUT2D eigenvalue weighted by molar-refractivity contribution is 0.0806. The number of aliphatic hydroxyl groups excluding tert-OH is 2. The molecule has 1 aromatic heterocycles. The van der Waals surface area contributed by atoms with Crippen molar-refractivity contribution in [2.75, 3.05) is 26.2 Å². The molecule has 0 unspecified atom stereocenters. The first-order valence-corrected chi connectivity index (χ1v) is 12.3. The summed E-state index contributed by atoms with van der Waals surface area (Å²) in [6.07, 6.45) is 8.48. The maximum atomic E-state index is 13.3. The van der Waals surface area contributed by atoms with Crippen molar-refractivity contribution >= 4 is 11.0 Å². The fraction of sp³-hybridized carbons (Fsp3) is 0.720. The molecule has 1 saturated heterocycles. The number of aliphatic hydroxyl groups is 2. The number of benzene rings is 1. The normalized spacial score (nSPS) is 31.1. The van der Waals surface area contributed by atoms with Crippen molar-refractivity contribution in [2.24, 2.45) is 23.2 Å². The van der Waals surface area contributed by atoms with Crippen LogP contribution in [0.5, 0.6) is 0 Å². The number of imidazole rings is 1. The third-order valence-electron chi connectivity index (χ3n) is 9.27. The first-order chi connectivity index (χ1) is 15.1. The Hall–Kier alpha value is -1.63. The van der Waals surface area contributed by atoms with E-state index in [0.717, 1.165) is 60.1 Å². The molecular weight excluding hydrogens is 390 g/mol. The zero-order chi connectivity index (χ0) is 21.2. The Morgan fingerprint density at radius 2 is 1.81 bits per heavy atom. The molecule has 6 nitrogen and oxygen atoms in total. The molecule has 3 saturated carbocycles. The second-order valence-corrected chi connectivity index (χ2v) is 10.7. The second kappa shape index (κ2) is 7.46. The minimum absolute atomic E-state index is 0.0582. The van der Waals surface area contributed by atoms with Crippen LogP contribution in [0.15, 0.2) is 29.1 Å². The third-order valence-corrected chi connectivity index (χ3v) is 9.27. The highest BCUT2D eigenvalue weighted by Gasteiger charge is 2.63. The number of fused-ring (bicyclic) bond motifs is 4. The number of aromatic nitrogens is 2. The quantitative estimate of drug-likeness (QED) is 0.747. The summed E-state index contributed by atoms with van der Waals surface area (Å²) in [6.45, 7) is 3.20. The monoisotopic (exact) mass is 425 g/mol. The van der Waals surface area contributed by atoms with Crippen LogP contribution in [0.2, 0.25) is 0 Å². The van der Waals surface area contributed by atoms with Crippen molar-refractivity contribution in [3.8, 4) is 0 Å². The Morgan fingerprint density at radius 1 is 1.06 bits per heavy atom. The number of piperidine rings is 1. The minimum Gasteiger partial charge on any atom is -0.394 e. The molecule has 4 aliphatic rings. The summed E-state index contributed by atoms with van der Waals surface area (Å²) in [5.74, 6) is 2.93. The molecule has 4 fully saturated rings. The summed E-state index contributed by atoms with van der Waals surface area (Å²) in [5, 5.41) is 19.2. The Labute approximate surface area is 183 Å². The van der Waals surface area contributed by atoms with E-state index >= 15 is 0 Å². The molecule has 2 heterocycles. The average molecular weight is 426 g/mol. The predicted octanol–water partition coefficient (Wildman–Crippen LogP) is 2.62. The molecule has 168 valence electrons. The van der Waals surface area contributed by atoms with Crippen LogP contribution in [0.25, 0.3) is 11.0 Å². The SMILES string of the molecule is O=c1n(C[C@@H](O)CO)c2ccccc2n1C1CCN(C[C@@H]2[C@@H]3CC[C@H](C3)C23CC3)CC1. The fourth-order valence-corrected chi connectivity index (χ4v) is 7.60. The van der Waals surface area contributed by atoms with Gasteiger partial charge in [0, 0.05) is 25.7 Å². The van der Waals surface area contributed by atoms with Gasteiger partial charge in [-0.25, -0.2) is 4.79 Å². The zero-order valence-corrected chi connectivity index (χ0v) is 18.3. The molecule has 2 N–H and O–H groups in total. The maximum absolute atomic E-state index is 13.3. The largest absolute Gasteiger partial charge is 0.394 e. The van der Waals surface area contributed by atoms with Crippen LogP contribution in [-0.4, -0.2) is 56.6 Å².